The number of benzene rings is 2. The van der Waals surface area contributed by atoms with E-state index in [0.717, 1.165) is 6.07 Å². The van der Waals surface area contributed by atoms with Crippen LogP contribution in [0.25, 0.3) is 0 Å². The zero-order valence-corrected chi connectivity index (χ0v) is 13.6. The molecule has 0 aliphatic rings. The van der Waals surface area contributed by atoms with E-state index in [1.165, 1.54) is 24.3 Å². The van der Waals surface area contributed by atoms with Crippen LogP contribution < -0.4 is 15.4 Å². The summed E-state index contributed by atoms with van der Waals surface area (Å²) in [7, 11) is 0. The van der Waals surface area contributed by atoms with Gasteiger partial charge in [0.2, 0.25) is 11.8 Å². The number of hydrogen-bond acceptors (Lipinski definition) is 3. The lowest BCUT2D eigenvalue weighted by molar-refractivity contribution is -0.123. The Balaban J connectivity index is 1.91. The van der Waals surface area contributed by atoms with Gasteiger partial charge in [-0.15, -0.1) is 0 Å². The van der Waals surface area contributed by atoms with Crippen molar-refractivity contribution < 1.29 is 23.1 Å². The molecule has 2 amide bonds. The molecular weight excluding hydrogens is 330 g/mol. The average molecular weight is 348 g/mol. The third kappa shape index (κ3) is 5.87. The van der Waals surface area contributed by atoms with Crippen LogP contribution in [-0.2, 0) is 16.2 Å². The van der Waals surface area contributed by atoms with Crippen molar-refractivity contribution in [2.24, 2.45) is 0 Å². The number of carbonyl (C=O) groups excluding carboxylic acids is 2. The predicted molar refractivity (Wildman–Crippen MR) is 89.1 cm³/mol. The van der Waals surface area contributed by atoms with E-state index in [9.17, 15) is 18.4 Å². The largest absolute Gasteiger partial charge is 0.486 e. The first-order valence-electron chi connectivity index (χ1n) is 7.71. The van der Waals surface area contributed by atoms with Crippen LogP contribution in [0.15, 0.2) is 42.5 Å². The van der Waals surface area contributed by atoms with Crippen molar-refractivity contribution in [3.63, 3.8) is 0 Å². The number of anilines is 1. The van der Waals surface area contributed by atoms with Gasteiger partial charge >= 0.3 is 0 Å². The third-order valence-electron chi connectivity index (χ3n) is 3.27. The highest BCUT2D eigenvalue weighted by atomic mass is 19.1. The van der Waals surface area contributed by atoms with Crippen LogP contribution in [-0.4, -0.2) is 18.4 Å². The second-order valence-corrected chi connectivity index (χ2v) is 5.24. The van der Waals surface area contributed by atoms with E-state index in [1.54, 1.807) is 19.1 Å². The molecule has 25 heavy (non-hydrogen) atoms. The van der Waals surface area contributed by atoms with Crippen molar-refractivity contribution in [3.8, 4) is 5.75 Å². The lowest BCUT2D eigenvalue weighted by atomic mass is 10.2. The molecule has 2 aromatic carbocycles. The Morgan fingerprint density at radius 3 is 2.56 bits per heavy atom. The Morgan fingerprint density at radius 1 is 1.08 bits per heavy atom. The molecule has 0 atom stereocenters. The first-order valence-corrected chi connectivity index (χ1v) is 7.71. The monoisotopic (exact) mass is 348 g/mol. The number of rotatable bonds is 7. The fourth-order valence-corrected chi connectivity index (χ4v) is 1.99. The summed E-state index contributed by atoms with van der Waals surface area (Å²) in [4.78, 5) is 22.7. The van der Waals surface area contributed by atoms with E-state index in [0.29, 0.717) is 5.56 Å². The normalized spacial score (nSPS) is 10.2. The number of ether oxygens (including phenoxy) is 1. The fraction of sp³-hybridized carbons (Fsp3) is 0.222. The van der Waals surface area contributed by atoms with Crippen molar-refractivity contribution in [2.45, 2.75) is 20.0 Å². The topological polar surface area (TPSA) is 67.4 Å². The highest BCUT2D eigenvalue weighted by Gasteiger charge is 2.09. The van der Waals surface area contributed by atoms with E-state index in [-0.39, 0.29) is 36.9 Å². The molecule has 0 aliphatic carbocycles. The maximum atomic E-state index is 14.0. The number of hydrogen-bond donors (Lipinski definition) is 2. The van der Waals surface area contributed by atoms with Crippen molar-refractivity contribution in [1.29, 1.82) is 0 Å². The zero-order valence-electron chi connectivity index (χ0n) is 13.6. The number of nitrogens with one attached hydrogen (secondary N) is 2. The first kappa shape index (κ1) is 18.4. The van der Waals surface area contributed by atoms with E-state index in [2.05, 4.69) is 10.6 Å². The number of halogens is 2. The minimum atomic E-state index is -0.660. The summed E-state index contributed by atoms with van der Waals surface area (Å²) < 4.78 is 32.4. The Hall–Kier alpha value is -2.96. The van der Waals surface area contributed by atoms with Crippen LogP contribution >= 0.6 is 0 Å². The van der Waals surface area contributed by atoms with Gasteiger partial charge in [-0.3, -0.25) is 9.59 Å². The van der Waals surface area contributed by atoms with Crippen LogP contribution in [0, 0.1) is 11.6 Å². The van der Waals surface area contributed by atoms with Gasteiger partial charge in [-0.25, -0.2) is 8.78 Å². The van der Waals surface area contributed by atoms with E-state index >= 15 is 0 Å². The Kier molecular flexibility index (Phi) is 6.45. The maximum absolute atomic E-state index is 14.0. The summed E-state index contributed by atoms with van der Waals surface area (Å²) in [6.07, 6.45) is 0.277. The van der Waals surface area contributed by atoms with Gasteiger partial charge in [0.05, 0.1) is 6.54 Å². The van der Waals surface area contributed by atoms with Gasteiger partial charge in [-0.1, -0.05) is 19.1 Å². The number of carbonyl (C=O) groups is 2. The maximum Gasteiger partial charge on any atom is 0.243 e. The summed E-state index contributed by atoms with van der Waals surface area (Å²) in [6.45, 7) is 1.50. The summed E-state index contributed by atoms with van der Waals surface area (Å²) in [5.41, 5.74) is 0.815. The Morgan fingerprint density at radius 2 is 1.88 bits per heavy atom. The van der Waals surface area contributed by atoms with Gasteiger partial charge in [0, 0.05) is 18.2 Å². The molecule has 0 fully saturated rings. The third-order valence-corrected chi connectivity index (χ3v) is 3.27. The molecule has 5 nitrogen and oxygen atoms in total. The van der Waals surface area contributed by atoms with Crippen molar-refractivity contribution in [1.82, 2.24) is 5.32 Å². The van der Waals surface area contributed by atoms with Crippen molar-refractivity contribution >= 4 is 17.5 Å². The first-order chi connectivity index (χ1) is 12.0. The molecule has 0 aromatic heterocycles. The molecule has 0 spiro atoms. The highest BCUT2D eigenvalue weighted by molar-refractivity contribution is 5.94. The molecule has 0 heterocycles. The second kappa shape index (κ2) is 8.77. The molecule has 0 saturated carbocycles. The minimum Gasteiger partial charge on any atom is -0.486 e. The average Bonchev–Trinajstić information content (AvgIpc) is 2.59. The number of amides is 2. The highest BCUT2D eigenvalue weighted by Crippen LogP contribution is 2.22. The fourth-order valence-electron chi connectivity index (χ4n) is 1.99. The van der Waals surface area contributed by atoms with Crippen LogP contribution in [0.3, 0.4) is 0 Å². The van der Waals surface area contributed by atoms with Gasteiger partial charge in [0.25, 0.3) is 0 Å². The second-order valence-electron chi connectivity index (χ2n) is 5.24. The lowest BCUT2D eigenvalue weighted by Gasteiger charge is -2.10. The van der Waals surface area contributed by atoms with Gasteiger partial charge in [-0.05, 0) is 29.8 Å². The van der Waals surface area contributed by atoms with Crippen LogP contribution in [0.1, 0.15) is 18.9 Å². The van der Waals surface area contributed by atoms with Gasteiger partial charge in [0.15, 0.2) is 11.6 Å². The van der Waals surface area contributed by atoms with Gasteiger partial charge < -0.3 is 15.4 Å². The molecule has 0 aliphatic heterocycles. The Bertz CT molecular complexity index is 766. The quantitative estimate of drug-likeness (QED) is 0.808. The van der Waals surface area contributed by atoms with Gasteiger partial charge in [0.1, 0.15) is 12.4 Å². The van der Waals surface area contributed by atoms with Crippen molar-refractivity contribution in [2.75, 3.05) is 11.9 Å². The Labute approximate surface area is 144 Å². The van der Waals surface area contributed by atoms with Crippen molar-refractivity contribution in [3.05, 3.63) is 59.7 Å². The van der Waals surface area contributed by atoms with Crippen LogP contribution in [0.2, 0.25) is 0 Å². The van der Waals surface area contributed by atoms with E-state index < -0.39 is 17.5 Å². The predicted octanol–water partition coefficient (Wildman–Crippen LogP) is 3.01. The molecule has 0 unspecified atom stereocenters. The van der Waals surface area contributed by atoms with E-state index in [1.807, 2.05) is 0 Å². The van der Waals surface area contributed by atoms with Crippen LogP contribution in [0.5, 0.6) is 5.75 Å². The molecule has 7 heteroatoms. The van der Waals surface area contributed by atoms with Gasteiger partial charge in [-0.2, -0.15) is 0 Å². The molecule has 2 aromatic rings. The minimum absolute atomic E-state index is 0.0125. The molecule has 2 rings (SSSR count). The molecule has 0 radical (unpaired) electrons. The molecule has 132 valence electrons. The summed E-state index contributed by atoms with van der Waals surface area (Å²) in [6, 6.07) is 9.78. The lowest BCUT2D eigenvalue weighted by Crippen LogP contribution is -2.32. The molecule has 2 N–H and O–H groups in total. The van der Waals surface area contributed by atoms with E-state index in [4.69, 9.17) is 4.74 Å². The SMILES string of the molecule is CCC(=O)NCC(=O)Nc1ccc(OCc2cccc(F)c2)c(F)c1. The molecule has 0 saturated heterocycles. The summed E-state index contributed by atoms with van der Waals surface area (Å²) in [5.74, 6) is -1.78. The zero-order chi connectivity index (χ0) is 18.2. The molecule has 0 bridgehead atoms. The molecular formula is C18H18F2N2O3. The van der Waals surface area contributed by atoms with Crippen LogP contribution in [0.4, 0.5) is 14.5 Å². The smallest absolute Gasteiger partial charge is 0.243 e. The summed E-state index contributed by atoms with van der Waals surface area (Å²) in [5, 5.41) is 4.89. The standard InChI is InChI=1S/C18H18F2N2O3/c1-2-17(23)21-10-18(24)22-14-6-7-16(15(20)9-14)25-11-12-4-3-5-13(19)8-12/h3-9H,2,10-11H2,1H3,(H,21,23)(H,22,24). The summed E-state index contributed by atoms with van der Waals surface area (Å²) >= 11 is 0.